The molecule has 0 spiro atoms. The van der Waals surface area contributed by atoms with E-state index < -0.39 is 0 Å². The zero-order chi connectivity index (χ0) is 13.4. The van der Waals surface area contributed by atoms with Crippen LogP contribution < -0.4 is 4.90 Å². The van der Waals surface area contributed by atoms with Crippen molar-refractivity contribution in [3.63, 3.8) is 0 Å². The van der Waals surface area contributed by atoms with Gasteiger partial charge in [-0.15, -0.1) is 0 Å². The van der Waals surface area contributed by atoms with E-state index in [-0.39, 0.29) is 6.10 Å². The normalized spacial score (nSPS) is 17.1. The molecule has 1 fully saturated rings. The van der Waals surface area contributed by atoms with Gasteiger partial charge in [-0.25, -0.2) is 15.0 Å². The summed E-state index contributed by atoms with van der Waals surface area (Å²) in [5.41, 5.74) is 2.89. The van der Waals surface area contributed by atoms with Gasteiger partial charge in [0.25, 0.3) is 0 Å². The first-order valence-corrected chi connectivity index (χ1v) is 6.67. The molecule has 0 amide bonds. The van der Waals surface area contributed by atoms with Crippen LogP contribution in [0.3, 0.4) is 0 Å². The maximum atomic E-state index is 9.61. The van der Waals surface area contributed by atoms with Crippen LogP contribution in [0.5, 0.6) is 0 Å². The molecular formula is C14H18N4O. The first kappa shape index (κ1) is 12.3. The van der Waals surface area contributed by atoms with Crippen LogP contribution in [0.15, 0.2) is 12.4 Å². The highest BCUT2D eigenvalue weighted by molar-refractivity contribution is 5.90. The van der Waals surface area contributed by atoms with E-state index in [0.717, 1.165) is 54.0 Å². The van der Waals surface area contributed by atoms with E-state index >= 15 is 0 Å². The number of aryl methyl sites for hydroxylation is 2. The Labute approximate surface area is 112 Å². The lowest BCUT2D eigenvalue weighted by Crippen LogP contribution is -2.36. The summed E-state index contributed by atoms with van der Waals surface area (Å²) in [6.45, 7) is 5.72. The zero-order valence-electron chi connectivity index (χ0n) is 11.3. The molecule has 1 aliphatic heterocycles. The van der Waals surface area contributed by atoms with Gasteiger partial charge in [-0.1, -0.05) is 0 Å². The fourth-order valence-corrected chi connectivity index (χ4v) is 2.71. The van der Waals surface area contributed by atoms with Gasteiger partial charge in [0, 0.05) is 18.8 Å². The summed E-state index contributed by atoms with van der Waals surface area (Å²) in [6, 6.07) is 2.06. The maximum Gasteiger partial charge on any atom is 0.165 e. The first-order chi connectivity index (χ1) is 9.15. The number of hydrogen-bond donors (Lipinski definition) is 1. The molecule has 2 aromatic heterocycles. The van der Waals surface area contributed by atoms with Gasteiger partial charge < -0.3 is 10.0 Å². The summed E-state index contributed by atoms with van der Waals surface area (Å²) >= 11 is 0. The number of fused-ring (bicyclic) bond motifs is 1. The van der Waals surface area contributed by atoms with Crippen molar-refractivity contribution in [1.29, 1.82) is 0 Å². The summed E-state index contributed by atoms with van der Waals surface area (Å²) in [7, 11) is 0. The minimum atomic E-state index is -0.175. The number of hydrogen-bond acceptors (Lipinski definition) is 5. The molecule has 3 rings (SSSR count). The molecule has 3 heterocycles. The van der Waals surface area contributed by atoms with E-state index in [0.29, 0.717) is 0 Å². The maximum absolute atomic E-state index is 9.61. The summed E-state index contributed by atoms with van der Waals surface area (Å²) in [6.07, 6.45) is 2.99. The van der Waals surface area contributed by atoms with E-state index in [1.807, 2.05) is 6.92 Å². The van der Waals surface area contributed by atoms with Crippen LogP contribution in [-0.4, -0.2) is 39.3 Å². The van der Waals surface area contributed by atoms with Gasteiger partial charge in [0.05, 0.1) is 11.5 Å². The van der Waals surface area contributed by atoms with Crippen molar-refractivity contribution in [2.75, 3.05) is 18.0 Å². The van der Waals surface area contributed by atoms with Gasteiger partial charge in [-0.3, -0.25) is 0 Å². The van der Waals surface area contributed by atoms with Crippen LogP contribution in [0.4, 0.5) is 5.82 Å². The highest BCUT2D eigenvalue weighted by Crippen LogP contribution is 2.27. The average Bonchev–Trinajstić information content (AvgIpc) is 2.38. The van der Waals surface area contributed by atoms with Crippen molar-refractivity contribution < 1.29 is 5.11 Å². The van der Waals surface area contributed by atoms with Crippen molar-refractivity contribution in [3.05, 3.63) is 23.7 Å². The fourth-order valence-electron chi connectivity index (χ4n) is 2.71. The second kappa shape index (κ2) is 4.74. The predicted molar refractivity (Wildman–Crippen MR) is 74.3 cm³/mol. The van der Waals surface area contributed by atoms with Crippen molar-refractivity contribution in [1.82, 2.24) is 15.0 Å². The molecule has 0 saturated carbocycles. The largest absolute Gasteiger partial charge is 0.393 e. The number of piperidine rings is 1. The third-order valence-corrected chi connectivity index (χ3v) is 3.67. The summed E-state index contributed by atoms with van der Waals surface area (Å²) in [5.74, 6) is 0.946. The van der Waals surface area contributed by atoms with Crippen LogP contribution in [0.25, 0.3) is 11.0 Å². The number of anilines is 1. The van der Waals surface area contributed by atoms with Gasteiger partial charge in [-0.05, 0) is 38.3 Å². The molecule has 5 nitrogen and oxygen atoms in total. The number of aliphatic hydroxyl groups excluding tert-OH is 1. The van der Waals surface area contributed by atoms with E-state index in [4.69, 9.17) is 0 Å². The molecule has 0 aromatic carbocycles. The molecule has 1 aliphatic rings. The Morgan fingerprint density at radius 1 is 1.21 bits per heavy atom. The summed E-state index contributed by atoms with van der Waals surface area (Å²) < 4.78 is 0. The number of nitrogens with zero attached hydrogens (tertiary/aromatic N) is 4. The van der Waals surface area contributed by atoms with Crippen LogP contribution in [-0.2, 0) is 0 Å². The van der Waals surface area contributed by atoms with Gasteiger partial charge >= 0.3 is 0 Å². The number of aromatic nitrogens is 3. The molecule has 100 valence electrons. The zero-order valence-corrected chi connectivity index (χ0v) is 11.3. The van der Waals surface area contributed by atoms with Crippen molar-refractivity contribution >= 4 is 16.9 Å². The van der Waals surface area contributed by atoms with E-state index in [2.05, 4.69) is 32.8 Å². The molecule has 0 aliphatic carbocycles. The topological polar surface area (TPSA) is 62.1 Å². The van der Waals surface area contributed by atoms with Gasteiger partial charge in [0.2, 0.25) is 0 Å². The van der Waals surface area contributed by atoms with Gasteiger partial charge in [0.15, 0.2) is 5.65 Å². The van der Waals surface area contributed by atoms with Crippen molar-refractivity contribution in [2.24, 2.45) is 0 Å². The predicted octanol–water partition coefficient (Wildman–Crippen LogP) is 1.60. The second-order valence-corrected chi connectivity index (χ2v) is 5.19. The van der Waals surface area contributed by atoms with Crippen LogP contribution in [0.1, 0.15) is 24.1 Å². The number of aliphatic hydroxyl groups is 1. The Bertz CT molecular complexity index is 606. The van der Waals surface area contributed by atoms with Crippen LogP contribution in [0.2, 0.25) is 0 Å². The number of pyridine rings is 1. The molecule has 2 aromatic rings. The Morgan fingerprint density at radius 2 is 1.95 bits per heavy atom. The molecular weight excluding hydrogens is 240 g/mol. The first-order valence-electron chi connectivity index (χ1n) is 6.67. The van der Waals surface area contributed by atoms with Gasteiger partial charge in [-0.2, -0.15) is 0 Å². The molecule has 0 radical (unpaired) electrons. The van der Waals surface area contributed by atoms with Crippen LogP contribution >= 0.6 is 0 Å². The number of rotatable bonds is 1. The minimum Gasteiger partial charge on any atom is -0.393 e. The SMILES string of the molecule is Cc1cc(C)c2c(N3CCC(O)CC3)ncnc2n1. The lowest BCUT2D eigenvalue weighted by Gasteiger charge is -2.31. The Kier molecular flexibility index (Phi) is 3.06. The standard InChI is InChI=1S/C14H18N4O/c1-9-7-10(2)17-13-12(9)14(16-8-15-13)18-5-3-11(19)4-6-18/h7-8,11,19H,3-6H2,1-2H3. The summed E-state index contributed by atoms with van der Waals surface area (Å²) in [4.78, 5) is 15.4. The average molecular weight is 258 g/mol. The highest BCUT2D eigenvalue weighted by atomic mass is 16.3. The van der Waals surface area contributed by atoms with E-state index in [9.17, 15) is 5.11 Å². The lowest BCUT2D eigenvalue weighted by atomic mass is 10.1. The molecule has 1 N–H and O–H groups in total. The fraction of sp³-hybridized carbons (Fsp3) is 0.500. The molecule has 0 bridgehead atoms. The highest BCUT2D eigenvalue weighted by Gasteiger charge is 2.21. The molecule has 5 heteroatoms. The Hall–Kier alpha value is -1.75. The quantitative estimate of drug-likeness (QED) is 0.842. The molecule has 0 unspecified atom stereocenters. The third kappa shape index (κ3) is 2.26. The molecule has 19 heavy (non-hydrogen) atoms. The third-order valence-electron chi connectivity index (χ3n) is 3.67. The molecule has 0 atom stereocenters. The lowest BCUT2D eigenvalue weighted by molar-refractivity contribution is 0.145. The molecule has 1 saturated heterocycles. The van der Waals surface area contributed by atoms with E-state index in [1.54, 1.807) is 6.33 Å². The van der Waals surface area contributed by atoms with Crippen molar-refractivity contribution in [3.8, 4) is 0 Å². The Balaban J connectivity index is 2.08. The van der Waals surface area contributed by atoms with Crippen molar-refractivity contribution in [2.45, 2.75) is 32.8 Å². The summed E-state index contributed by atoms with van der Waals surface area (Å²) in [5, 5.41) is 10.6. The Morgan fingerprint density at radius 3 is 2.68 bits per heavy atom. The monoisotopic (exact) mass is 258 g/mol. The smallest absolute Gasteiger partial charge is 0.165 e. The van der Waals surface area contributed by atoms with E-state index in [1.165, 1.54) is 0 Å². The van der Waals surface area contributed by atoms with Crippen LogP contribution in [0, 0.1) is 13.8 Å². The second-order valence-electron chi connectivity index (χ2n) is 5.19. The minimum absolute atomic E-state index is 0.175. The van der Waals surface area contributed by atoms with Gasteiger partial charge in [0.1, 0.15) is 12.1 Å².